The van der Waals surface area contributed by atoms with Crippen LogP contribution in [0, 0.1) is 11.7 Å². The van der Waals surface area contributed by atoms with Crippen LogP contribution in [0.15, 0.2) is 18.2 Å². The second kappa shape index (κ2) is 6.67. The lowest BCUT2D eigenvalue weighted by Crippen LogP contribution is -2.21. The van der Waals surface area contributed by atoms with Gasteiger partial charge >= 0.3 is 5.97 Å². The Kier molecular flexibility index (Phi) is 4.90. The lowest BCUT2D eigenvalue weighted by Gasteiger charge is -2.16. The normalized spacial score (nSPS) is 18.8. The first kappa shape index (κ1) is 15.4. The highest BCUT2D eigenvalue weighted by Gasteiger charge is 2.23. The Morgan fingerprint density at radius 2 is 2.19 bits per heavy atom. The number of carbonyl (C=O) groups is 2. The highest BCUT2D eigenvalue weighted by Crippen LogP contribution is 2.23. The van der Waals surface area contributed by atoms with Crippen molar-refractivity contribution in [2.45, 2.75) is 25.8 Å². The van der Waals surface area contributed by atoms with Crippen molar-refractivity contribution in [2.24, 2.45) is 11.7 Å². The van der Waals surface area contributed by atoms with Gasteiger partial charge in [0.2, 0.25) is 5.91 Å². The number of benzene rings is 1. The molecule has 1 aliphatic rings. The zero-order chi connectivity index (χ0) is 15.4. The van der Waals surface area contributed by atoms with Crippen molar-refractivity contribution in [3.8, 4) is 0 Å². The third kappa shape index (κ3) is 4.26. The van der Waals surface area contributed by atoms with E-state index in [1.165, 1.54) is 6.07 Å². The number of likely N-dealkylation sites (tertiary alicyclic amines) is 1. The minimum Gasteiger partial charge on any atom is -0.481 e. The highest BCUT2D eigenvalue weighted by atomic mass is 19.1. The van der Waals surface area contributed by atoms with E-state index in [2.05, 4.69) is 4.90 Å². The summed E-state index contributed by atoms with van der Waals surface area (Å²) in [5.41, 5.74) is 5.80. The molecule has 1 fully saturated rings. The van der Waals surface area contributed by atoms with Crippen LogP contribution in [0.25, 0.3) is 0 Å². The van der Waals surface area contributed by atoms with Crippen molar-refractivity contribution in [1.29, 1.82) is 0 Å². The summed E-state index contributed by atoms with van der Waals surface area (Å²) in [5.74, 6) is -1.49. The summed E-state index contributed by atoms with van der Waals surface area (Å²) in [6, 6.07) is 4.27. The lowest BCUT2D eigenvalue weighted by molar-refractivity contribution is -0.137. The fraction of sp³-hybridized carbons (Fsp3) is 0.467. The number of amides is 1. The minimum atomic E-state index is -0.776. The van der Waals surface area contributed by atoms with Gasteiger partial charge in [-0.15, -0.1) is 0 Å². The fourth-order valence-electron chi connectivity index (χ4n) is 2.69. The molecule has 1 saturated heterocycles. The largest absolute Gasteiger partial charge is 0.481 e. The zero-order valence-corrected chi connectivity index (χ0v) is 11.7. The Hall–Kier alpha value is -1.95. The number of nitrogens with zero attached hydrogens (tertiary/aromatic N) is 1. The molecule has 1 unspecified atom stereocenters. The zero-order valence-electron chi connectivity index (χ0n) is 11.7. The average molecular weight is 294 g/mol. The Labute approximate surface area is 122 Å². The molecule has 114 valence electrons. The molecule has 1 amide bonds. The van der Waals surface area contributed by atoms with Gasteiger partial charge in [0.15, 0.2) is 0 Å². The number of carboxylic acids is 1. The first-order chi connectivity index (χ1) is 9.95. The highest BCUT2D eigenvalue weighted by molar-refractivity contribution is 5.92. The molecule has 1 aromatic rings. The van der Waals surface area contributed by atoms with E-state index in [4.69, 9.17) is 10.8 Å². The van der Waals surface area contributed by atoms with Crippen LogP contribution >= 0.6 is 0 Å². The molecule has 1 aromatic carbocycles. The third-order valence-electron chi connectivity index (χ3n) is 3.87. The topological polar surface area (TPSA) is 83.6 Å². The van der Waals surface area contributed by atoms with E-state index in [9.17, 15) is 14.0 Å². The van der Waals surface area contributed by atoms with E-state index in [1.807, 2.05) is 0 Å². The number of carbonyl (C=O) groups excluding carboxylic acids is 1. The molecule has 6 heteroatoms. The van der Waals surface area contributed by atoms with Gasteiger partial charge in [-0.25, -0.2) is 4.39 Å². The number of hydrogen-bond donors (Lipinski definition) is 2. The molecule has 3 N–H and O–H groups in total. The van der Waals surface area contributed by atoms with E-state index >= 15 is 0 Å². The Bertz CT molecular complexity index is 548. The summed E-state index contributed by atoms with van der Waals surface area (Å²) >= 11 is 0. The molecule has 2 rings (SSSR count). The van der Waals surface area contributed by atoms with Gasteiger partial charge in [0.1, 0.15) is 5.82 Å². The van der Waals surface area contributed by atoms with Crippen LogP contribution < -0.4 is 5.73 Å². The number of aliphatic carboxylic acids is 1. The van der Waals surface area contributed by atoms with Crippen LogP contribution in [-0.2, 0) is 11.3 Å². The molecule has 0 aromatic heterocycles. The van der Waals surface area contributed by atoms with E-state index in [0.29, 0.717) is 24.4 Å². The number of halogens is 1. The Morgan fingerprint density at radius 3 is 2.81 bits per heavy atom. The maximum absolute atomic E-state index is 13.9. The van der Waals surface area contributed by atoms with Crippen LogP contribution in [0.5, 0.6) is 0 Å². The molecule has 1 heterocycles. The monoisotopic (exact) mass is 294 g/mol. The predicted molar refractivity (Wildman–Crippen MR) is 75.2 cm³/mol. The molecule has 0 saturated carbocycles. The smallest absolute Gasteiger partial charge is 0.303 e. The quantitative estimate of drug-likeness (QED) is 0.835. The van der Waals surface area contributed by atoms with Gasteiger partial charge in [-0.3, -0.25) is 14.5 Å². The third-order valence-corrected chi connectivity index (χ3v) is 3.87. The summed E-state index contributed by atoms with van der Waals surface area (Å²) in [7, 11) is 0. The molecule has 0 radical (unpaired) electrons. The minimum absolute atomic E-state index is 0.164. The van der Waals surface area contributed by atoms with E-state index < -0.39 is 17.7 Å². The molecule has 0 spiro atoms. The standard InChI is InChI=1S/C15H19FN2O3/c16-13-7-11(15(17)21)2-3-12(13)9-18-6-5-10(8-18)1-4-14(19)20/h2-3,7,10H,1,4-6,8-9H2,(H2,17,21)(H,19,20). The summed E-state index contributed by atoms with van der Waals surface area (Å²) in [6.45, 7) is 2.08. The maximum Gasteiger partial charge on any atom is 0.303 e. The first-order valence-electron chi connectivity index (χ1n) is 6.98. The van der Waals surface area contributed by atoms with Crippen LogP contribution in [0.1, 0.15) is 35.2 Å². The van der Waals surface area contributed by atoms with Crippen LogP contribution in [0.2, 0.25) is 0 Å². The molecule has 0 aliphatic carbocycles. The van der Waals surface area contributed by atoms with Gasteiger partial charge in [0.05, 0.1) is 0 Å². The van der Waals surface area contributed by atoms with Crippen molar-refractivity contribution in [2.75, 3.05) is 13.1 Å². The van der Waals surface area contributed by atoms with Gasteiger partial charge < -0.3 is 10.8 Å². The predicted octanol–water partition coefficient (Wildman–Crippen LogP) is 1.61. The first-order valence-corrected chi connectivity index (χ1v) is 6.98. The summed E-state index contributed by atoms with van der Waals surface area (Å²) in [6.07, 6.45) is 1.78. The number of primary amides is 1. The van der Waals surface area contributed by atoms with Gasteiger partial charge in [-0.05, 0) is 37.4 Å². The van der Waals surface area contributed by atoms with Gasteiger partial charge in [0.25, 0.3) is 0 Å². The van der Waals surface area contributed by atoms with Crippen molar-refractivity contribution < 1.29 is 19.1 Å². The number of carboxylic acid groups (broad SMARTS) is 1. The maximum atomic E-state index is 13.9. The van der Waals surface area contributed by atoms with Crippen molar-refractivity contribution in [3.63, 3.8) is 0 Å². The van der Waals surface area contributed by atoms with Crippen molar-refractivity contribution >= 4 is 11.9 Å². The van der Waals surface area contributed by atoms with Crippen molar-refractivity contribution in [1.82, 2.24) is 4.90 Å². The van der Waals surface area contributed by atoms with E-state index in [1.54, 1.807) is 6.07 Å². The second-order valence-corrected chi connectivity index (χ2v) is 5.49. The second-order valence-electron chi connectivity index (χ2n) is 5.49. The van der Waals surface area contributed by atoms with E-state index in [-0.39, 0.29) is 12.0 Å². The average Bonchev–Trinajstić information content (AvgIpc) is 2.86. The van der Waals surface area contributed by atoms with Gasteiger partial charge in [-0.1, -0.05) is 6.07 Å². The SMILES string of the molecule is NC(=O)c1ccc(CN2CCC(CCC(=O)O)C2)c(F)c1. The summed E-state index contributed by atoms with van der Waals surface area (Å²) < 4.78 is 13.9. The molecule has 1 atom stereocenters. The molecular weight excluding hydrogens is 275 g/mol. The summed E-state index contributed by atoms with van der Waals surface area (Å²) in [4.78, 5) is 23.6. The van der Waals surface area contributed by atoms with Gasteiger partial charge in [-0.2, -0.15) is 0 Å². The molecule has 1 aliphatic heterocycles. The van der Waals surface area contributed by atoms with Crippen LogP contribution in [-0.4, -0.2) is 35.0 Å². The Morgan fingerprint density at radius 1 is 1.43 bits per heavy atom. The fourth-order valence-corrected chi connectivity index (χ4v) is 2.69. The summed E-state index contributed by atoms with van der Waals surface area (Å²) in [5, 5.41) is 8.68. The number of hydrogen-bond acceptors (Lipinski definition) is 3. The number of rotatable bonds is 6. The molecule has 21 heavy (non-hydrogen) atoms. The molecular formula is C15H19FN2O3. The lowest BCUT2D eigenvalue weighted by atomic mass is 10.0. The number of nitrogens with two attached hydrogens (primary N) is 1. The van der Waals surface area contributed by atoms with Gasteiger partial charge in [0, 0.05) is 30.6 Å². The van der Waals surface area contributed by atoms with Crippen molar-refractivity contribution in [3.05, 3.63) is 35.1 Å². The molecule has 0 bridgehead atoms. The van der Waals surface area contributed by atoms with Crippen LogP contribution in [0.4, 0.5) is 4.39 Å². The van der Waals surface area contributed by atoms with E-state index in [0.717, 1.165) is 25.6 Å². The van der Waals surface area contributed by atoms with Crippen LogP contribution in [0.3, 0.4) is 0 Å². The molecule has 5 nitrogen and oxygen atoms in total. The Balaban J connectivity index is 1.91.